The van der Waals surface area contributed by atoms with Crippen molar-refractivity contribution in [1.29, 1.82) is 0 Å². The van der Waals surface area contributed by atoms with Gasteiger partial charge in [0.2, 0.25) is 0 Å². The average molecular weight is 206 g/mol. The van der Waals surface area contributed by atoms with Crippen molar-refractivity contribution < 1.29 is 0 Å². The molecule has 0 radical (unpaired) electrons. The van der Waals surface area contributed by atoms with Crippen LogP contribution in [0.5, 0.6) is 0 Å². The summed E-state index contributed by atoms with van der Waals surface area (Å²) >= 11 is 0. The Balaban J connectivity index is 2.44. The fourth-order valence-electron chi connectivity index (χ4n) is 1.89. The number of aryl methyl sites for hydroxylation is 1. The zero-order valence-corrected chi connectivity index (χ0v) is 8.94. The number of rotatable bonds is 0. The summed E-state index contributed by atoms with van der Waals surface area (Å²) in [6.45, 7) is 2.01. The Morgan fingerprint density at radius 3 is 2.94 bits per heavy atom. The van der Waals surface area contributed by atoms with Crippen LogP contribution in [-0.4, -0.2) is 10.9 Å². The lowest BCUT2D eigenvalue weighted by Gasteiger charge is -2.05. The molecule has 0 saturated carbocycles. The second kappa shape index (κ2) is 3.44. The maximum Gasteiger partial charge on any atom is 0.0784 e. The van der Waals surface area contributed by atoms with E-state index in [1.165, 1.54) is 0 Å². The van der Waals surface area contributed by atoms with Crippen LogP contribution >= 0.6 is 0 Å². The number of aromatic nitrogens is 1. The summed E-state index contributed by atoms with van der Waals surface area (Å²) in [5, 5.41) is 1.16. The molecule has 2 heterocycles. The molecule has 0 atom stereocenters. The number of benzene rings is 1. The quantitative estimate of drug-likeness (QED) is 0.649. The summed E-state index contributed by atoms with van der Waals surface area (Å²) in [6, 6.07) is 8.29. The van der Waals surface area contributed by atoms with Gasteiger partial charge in [0.1, 0.15) is 0 Å². The van der Waals surface area contributed by atoms with Gasteiger partial charge in [-0.05, 0) is 30.5 Å². The van der Waals surface area contributed by atoms with Crippen molar-refractivity contribution in [2.45, 2.75) is 6.92 Å². The van der Waals surface area contributed by atoms with Crippen LogP contribution in [0.15, 0.2) is 35.5 Å². The van der Waals surface area contributed by atoms with Crippen molar-refractivity contribution in [2.24, 2.45) is 4.99 Å². The lowest BCUT2D eigenvalue weighted by Crippen LogP contribution is -1.89. The van der Waals surface area contributed by atoms with Gasteiger partial charge in [0.25, 0.3) is 0 Å². The molecular formula is C14H10N2. The fourth-order valence-corrected chi connectivity index (χ4v) is 1.89. The van der Waals surface area contributed by atoms with Crippen molar-refractivity contribution in [3.8, 4) is 0 Å². The van der Waals surface area contributed by atoms with Gasteiger partial charge in [-0.25, -0.2) is 4.99 Å². The maximum absolute atomic E-state index is 4.59. The minimum absolute atomic E-state index is 1.03. The molecule has 3 rings (SSSR count). The number of hydrogen-bond acceptors (Lipinski definition) is 2. The number of aliphatic imine (C=N–C) groups is 1. The zero-order chi connectivity index (χ0) is 11.0. The predicted molar refractivity (Wildman–Crippen MR) is 67.4 cm³/mol. The largest absolute Gasteiger partial charge is 0.252 e. The van der Waals surface area contributed by atoms with Crippen LogP contribution in [0.4, 0.5) is 0 Å². The van der Waals surface area contributed by atoms with Crippen molar-refractivity contribution in [2.75, 3.05) is 0 Å². The van der Waals surface area contributed by atoms with E-state index in [1.807, 2.05) is 25.1 Å². The molecule has 1 aliphatic rings. The van der Waals surface area contributed by atoms with Crippen molar-refractivity contribution in [3.63, 3.8) is 0 Å². The summed E-state index contributed by atoms with van der Waals surface area (Å²) in [6.07, 6.45) is 5.63. The molecule has 0 fully saturated rings. The summed E-state index contributed by atoms with van der Waals surface area (Å²) in [5.74, 6) is 2.87. The number of nitrogens with zero attached hydrogens (tertiary/aromatic N) is 2. The van der Waals surface area contributed by atoms with Crippen LogP contribution in [0.2, 0.25) is 0 Å². The van der Waals surface area contributed by atoms with E-state index in [1.54, 1.807) is 6.20 Å². The Labute approximate surface area is 93.7 Å². The summed E-state index contributed by atoms with van der Waals surface area (Å²) in [7, 11) is 0. The molecule has 1 aromatic carbocycles. The van der Waals surface area contributed by atoms with Gasteiger partial charge in [0.15, 0.2) is 0 Å². The highest BCUT2D eigenvalue weighted by molar-refractivity contribution is 5.95. The molecule has 0 spiro atoms. The van der Waals surface area contributed by atoms with Crippen LogP contribution in [0, 0.1) is 6.92 Å². The minimum atomic E-state index is 1.03. The molecule has 1 aliphatic heterocycles. The first-order valence-corrected chi connectivity index (χ1v) is 5.20. The third kappa shape index (κ3) is 1.37. The third-order valence-electron chi connectivity index (χ3n) is 2.68. The standard InChI is InChI=1S/C14H10N2/c1-10-2-3-12-5-4-11-6-8-15-9-7-13(11)14(12)16-10/h2-7,9H,1H3. The Bertz CT molecular complexity index is 660. The number of pyridine rings is 1. The Hall–Kier alpha value is -2.18. The van der Waals surface area contributed by atoms with E-state index in [0.717, 1.165) is 27.7 Å². The van der Waals surface area contributed by atoms with E-state index in [-0.39, 0.29) is 0 Å². The van der Waals surface area contributed by atoms with Gasteiger partial charge in [0, 0.05) is 28.9 Å². The molecule has 2 heteroatoms. The molecule has 76 valence electrons. The van der Waals surface area contributed by atoms with E-state index < -0.39 is 0 Å². The molecule has 0 N–H and O–H groups in total. The molecule has 16 heavy (non-hydrogen) atoms. The normalized spacial score (nSPS) is 12.8. The van der Waals surface area contributed by atoms with E-state index in [0.29, 0.717) is 0 Å². The van der Waals surface area contributed by atoms with Gasteiger partial charge in [-0.3, -0.25) is 4.98 Å². The highest BCUT2D eigenvalue weighted by Gasteiger charge is 2.05. The molecule has 1 aromatic heterocycles. The minimum Gasteiger partial charge on any atom is -0.252 e. The van der Waals surface area contributed by atoms with Gasteiger partial charge in [0.05, 0.1) is 5.52 Å². The van der Waals surface area contributed by atoms with Crippen LogP contribution in [0.3, 0.4) is 0 Å². The second-order valence-corrected chi connectivity index (χ2v) is 3.81. The molecular weight excluding hydrogens is 196 g/mol. The first kappa shape index (κ1) is 9.08. The van der Waals surface area contributed by atoms with Crippen LogP contribution < -0.4 is 0 Å². The average Bonchev–Trinajstić information content (AvgIpc) is 2.54. The molecule has 0 bridgehead atoms. The number of hydrogen-bond donors (Lipinski definition) is 0. The van der Waals surface area contributed by atoms with Crippen LogP contribution in [0.25, 0.3) is 23.1 Å². The van der Waals surface area contributed by atoms with Crippen molar-refractivity contribution in [1.82, 2.24) is 4.98 Å². The van der Waals surface area contributed by atoms with Crippen LogP contribution in [-0.2, 0) is 0 Å². The van der Waals surface area contributed by atoms with Gasteiger partial charge >= 0.3 is 0 Å². The maximum atomic E-state index is 4.59. The third-order valence-corrected chi connectivity index (χ3v) is 2.68. The van der Waals surface area contributed by atoms with E-state index in [9.17, 15) is 0 Å². The molecule has 2 aromatic rings. The van der Waals surface area contributed by atoms with E-state index >= 15 is 0 Å². The van der Waals surface area contributed by atoms with E-state index in [2.05, 4.69) is 34.0 Å². The van der Waals surface area contributed by atoms with Gasteiger partial charge in [-0.1, -0.05) is 18.2 Å². The summed E-state index contributed by atoms with van der Waals surface area (Å²) in [4.78, 5) is 8.59. The van der Waals surface area contributed by atoms with Crippen LogP contribution in [0.1, 0.15) is 16.8 Å². The SMILES string of the molecule is Cc1ccc2ccc3c(c2n1)C=CN=C=C3. The summed E-state index contributed by atoms with van der Waals surface area (Å²) < 4.78 is 0. The molecule has 0 unspecified atom stereocenters. The Kier molecular flexibility index (Phi) is 1.95. The smallest absolute Gasteiger partial charge is 0.0784 e. The second-order valence-electron chi connectivity index (χ2n) is 3.81. The fraction of sp³-hybridized carbons (Fsp3) is 0.0714. The highest BCUT2D eigenvalue weighted by Crippen LogP contribution is 2.24. The molecule has 0 saturated heterocycles. The predicted octanol–water partition coefficient (Wildman–Crippen LogP) is 3.21. The Morgan fingerprint density at radius 2 is 2.00 bits per heavy atom. The summed E-state index contributed by atoms with van der Waals surface area (Å²) in [5.41, 5.74) is 4.30. The van der Waals surface area contributed by atoms with Crippen molar-refractivity contribution >= 4 is 28.9 Å². The van der Waals surface area contributed by atoms with Gasteiger partial charge in [-0.15, -0.1) is 0 Å². The van der Waals surface area contributed by atoms with E-state index in [4.69, 9.17) is 0 Å². The molecule has 0 amide bonds. The van der Waals surface area contributed by atoms with Gasteiger partial charge < -0.3 is 0 Å². The topological polar surface area (TPSA) is 25.2 Å². The lowest BCUT2D eigenvalue weighted by atomic mass is 10.0. The first-order chi connectivity index (χ1) is 7.84. The Morgan fingerprint density at radius 1 is 1.12 bits per heavy atom. The molecule has 0 aliphatic carbocycles. The zero-order valence-electron chi connectivity index (χ0n) is 8.94. The highest BCUT2D eigenvalue weighted by atomic mass is 14.7. The van der Waals surface area contributed by atoms with Gasteiger partial charge in [-0.2, -0.15) is 0 Å². The van der Waals surface area contributed by atoms with Crippen molar-refractivity contribution in [3.05, 3.63) is 47.3 Å². The molecule has 2 nitrogen and oxygen atoms in total. The first-order valence-electron chi connectivity index (χ1n) is 5.20. The lowest BCUT2D eigenvalue weighted by molar-refractivity contribution is 1.25. The monoisotopic (exact) mass is 206 g/mol. The number of fused-ring (bicyclic) bond motifs is 3.